The highest BCUT2D eigenvalue weighted by Gasteiger charge is 2.13. The zero-order chi connectivity index (χ0) is 17.8. The van der Waals surface area contributed by atoms with Crippen molar-refractivity contribution < 1.29 is 14.3 Å². The van der Waals surface area contributed by atoms with Gasteiger partial charge in [0.25, 0.3) is 5.91 Å². The number of hydrogen-bond acceptors (Lipinski definition) is 6. The normalized spacial score (nSPS) is 10.6. The molecule has 0 unspecified atom stereocenters. The zero-order valence-corrected chi connectivity index (χ0v) is 13.8. The van der Waals surface area contributed by atoms with Gasteiger partial charge in [0.05, 0.1) is 24.5 Å². The molecule has 7 nitrogen and oxygen atoms in total. The third-order valence-corrected chi connectivity index (χ3v) is 3.14. The number of methoxy groups -OCH3 is 2. The highest BCUT2D eigenvalue weighted by Crippen LogP contribution is 2.14. The van der Waals surface area contributed by atoms with Crippen LogP contribution in [-0.2, 0) is 14.3 Å². The van der Waals surface area contributed by atoms with E-state index in [0.29, 0.717) is 37.6 Å². The van der Waals surface area contributed by atoms with Crippen molar-refractivity contribution in [3.05, 3.63) is 41.6 Å². The van der Waals surface area contributed by atoms with E-state index in [1.807, 2.05) is 12.1 Å². The lowest BCUT2D eigenvalue weighted by atomic mass is 10.2. The number of ether oxygens (including phenoxy) is 2. The molecule has 0 spiro atoms. The van der Waals surface area contributed by atoms with Crippen LogP contribution in [0, 0.1) is 22.7 Å². The van der Waals surface area contributed by atoms with Crippen LogP contribution in [0.5, 0.6) is 0 Å². The summed E-state index contributed by atoms with van der Waals surface area (Å²) in [7, 11) is 3.16. The molecular weight excluding hydrogens is 308 g/mol. The molecule has 0 aromatic heterocycles. The van der Waals surface area contributed by atoms with Crippen LogP contribution in [0.1, 0.15) is 5.56 Å². The van der Waals surface area contributed by atoms with Gasteiger partial charge in [0, 0.05) is 33.5 Å². The van der Waals surface area contributed by atoms with Gasteiger partial charge in [-0.2, -0.15) is 10.5 Å². The summed E-state index contributed by atoms with van der Waals surface area (Å²) in [6, 6.07) is 10.5. The second kappa shape index (κ2) is 10.8. The lowest BCUT2D eigenvalue weighted by Crippen LogP contribution is -2.27. The zero-order valence-electron chi connectivity index (χ0n) is 13.8. The Morgan fingerprint density at radius 2 is 1.83 bits per heavy atom. The predicted molar refractivity (Wildman–Crippen MR) is 88.8 cm³/mol. The fraction of sp³-hybridized carbons (Fsp3) is 0.353. The topological polar surface area (TPSA) is 98.4 Å². The van der Waals surface area contributed by atoms with Crippen LogP contribution in [0.15, 0.2) is 36.0 Å². The van der Waals surface area contributed by atoms with E-state index in [1.165, 1.54) is 6.20 Å². The second-order valence-electron chi connectivity index (χ2n) is 4.79. The van der Waals surface area contributed by atoms with E-state index in [0.717, 1.165) is 0 Å². The number of benzene rings is 1. The molecule has 0 radical (unpaired) electrons. The molecule has 24 heavy (non-hydrogen) atoms. The Morgan fingerprint density at radius 3 is 2.38 bits per heavy atom. The van der Waals surface area contributed by atoms with Crippen LogP contribution in [0.3, 0.4) is 0 Å². The number of anilines is 1. The monoisotopic (exact) mass is 328 g/mol. The SMILES string of the molecule is COCCN(/C=C(/C#N)C(=O)Nc1ccccc1C#N)CCOC. The predicted octanol–water partition coefficient (Wildman–Crippen LogP) is 1.50. The molecule has 0 aliphatic carbocycles. The number of nitrogens with zero attached hydrogens (tertiary/aromatic N) is 3. The summed E-state index contributed by atoms with van der Waals surface area (Å²) in [5, 5.41) is 20.9. The van der Waals surface area contributed by atoms with Gasteiger partial charge in [0.1, 0.15) is 17.7 Å². The number of para-hydroxylation sites is 1. The molecule has 0 heterocycles. The highest BCUT2D eigenvalue weighted by molar-refractivity contribution is 6.07. The van der Waals surface area contributed by atoms with Gasteiger partial charge in [-0.15, -0.1) is 0 Å². The number of carbonyl (C=O) groups excluding carboxylic acids is 1. The maximum atomic E-state index is 12.3. The summed E-state index contributed by atoms with van der Waals surface area (Å²) < 4.78 is 10.0. The van der Waals surface area contributed by atoms with Crippen molar-refractivity contribution in [2.45, 2.75) is 0 Å². The van der Waals surface area contributed by atoms with Crippen LogP contribution >= 0.6 is 0 Å². The van der Waals surface area contributed by atoms with Crippen molar-refractivity contribution in [1.82, 2.24) is 4.90 Å². The summed E-state index contributed by atoms with van der Waals surface area (Å²) in [5.74, 6) is -0.569. The molecule has 1 N–H and O–H groups in total. The fourth-order valence-electron chi connectivity index (χ4n) is 1.86. The average Bonchev–Trinajstić information content (AvgIpc) is 2.61. The molecular formula is C17H20N4O3. The van der Waals surface area contributed by atoms with E-state index in [-0.39, 0.29) is 5.57 Å². The van der Waals surface area contributed by atoms with E-state index in [1.54, 1.807) is 43.4 Å². The first kappa shape index (κ1) is 19.2. The van der Waals surface area contributed by atoms with Crippen molar-refractivity contribution in [3.8, 4) is 12.1 Å². The fourth-order valence-corrected chi connectivity index (χ4v) is 1.86. The molecule has 126 valence electrons. The summed E-state index contributed by atoms with van der Waals surface area (Å²) in [4.78, 5) is 14.1. The van der Waals surface area contributed by atoms with Crippen LogP contribution in [-0.4, -0.2) is 51.3 Å². The Bertz CT molecular complexity index is 651. The van der Waals surface area contributed by atoms with E-state index in [4.69, 9.17) is 14.7 Å². The highest BCUT2D eigenvalue weighted by atomic mass is 16.5. The second-order valence-corrected chi connectivity index (χ2v) is 4.79. The number of carbonyl (C=O) groups is 1. The van der Waals surface area contributed by atoms with Crippen molar-refractivity contribution in [2.24, 2.45) is 0 Å². The van der Waals surface area contributed by atoms with Crippen LogP contribution in [0.2, 0.25) is 0 Å². The first-order chi connectivity index (χ1) is 11.7. The minimum atomic E-state index is -0.569. The Kier molecular flexibility index (Phi) is 8.62. The molecule has 0 atom stereocenters. The summed E-state index contributed by atoms with van der Waals surface area (Å²) in [6.45, 7) is 1.95. The minimum Gasteiger partial charge on any atom is -0.383 e. The van der Waals surface area contributed by atoms with Gasteiger partial charge in [-0.25, -0.2) is 0 Å². The van der Waals surface area contributed by atoms with Crippen molar-refractivity contribution in [3.63, 3.8) is 0 Å². The molecule has 0 saturated heterocycles. The molecule has 7 heteroatoms. The van der Waals surface area contributed by atoms with Gasteiger partial charge < -0.3 is 19.7 Å². The largest absolute Gasteiger partial charge is 0.383 e. The molecule has 1 aromatic carbocycles. The van der Waals surface area contributed by atoms with Gasteiger partial charge in [0.15, 0.2) is 0 Å². The maximum Gasteiger partial charge on any atom is 0.267 e. The van der Waals surface area contributed by atoms with Gasteiger partial charge in [-0.3, -0.25) is 4.79 Å². The molecule has 0 saturated carbocycles. The van der Waals surface area contributed by atoms with Crippen molar-refractivity contribution in [2.75, 3.05) is 45.8 Å². The molecule has 0 aliphatic heterocycles. The van der Waals surface area contributed by atoms with E-state index >= 15 is 0 Å². The Labute approximate surface area is 141 Å². The standard InChI is InChI=1S/C17H20N4O3/c1-23-9-7-21(8-10-24-2)13-15(12-19)17(22)20-16-6-4-3-5-14(16)11-18/h3-6,13H,7-10H2,1-2H3,(H,20,22)/b15-13-. The Morgan fingerprint density at radius 1 is 1.21 bits per heavy atom. The number of nitrogens with one attached hydrogen (secondary N) is 1. The quantitative estimate of drug-likeness (QED) is 0.545. The van der Waals surface area contributed by atoms with Crippen LogP contribution in [0.4, 0.5) is 5.69 Å². The molecule has 0 aliphatic rings. The Balaban J connectivity index is 2.90. The number of hydrogen-bond donors (Lipinski definition) is 1. The average molecular weight is 328 g/mol. The first-order valence-corrected chi connectivity index (χ1v) is 7.30. The lowest BCUT2D eigenvalue weighted by molar-refractivity contribution is -0.112. The van der Waals surface area contributed by atoms with Crippen molar-refractivity contribution >= 4 is 11.6 Å². The van der Waals surface area contributed by atoms with E-state index < -0.39 is 5.91 Å². The van der Waals surface area contributed by atoms with E-state index in [9.17, 15) is 10.1 Å². The van der Waals surface area contributed by atoms with Crippen LogP contribution in [0.25, 0.3) is 0 Å². The minimum absolute atomic E-state index is 0.0602. The Hall–Kier alpha value is -2.87. The van der Waals surface area contributed by atoms with E-state index in [2.05, 4.69) is 5.32 Å². The molecule has 0 bridgehead atoms. The third kappa shape index (κ3) is 6.09. The third-order valence-electron chi connectivity index (χ3n) is 3.14. The molecule has 1 rings (SSSR count). The number of rotatable bonds is 9. The summed E-state index contributed by atoms with van der Waals surface area (Å²) in [6.07, 6.45) is 1.47. The van der Waals surface area contributed by atoms with Gasteiger partial charge in [-0.1, -0.05) is 12.1 Å². The molecule has 1 amide bonds. The first-order valence-electron chi connectivity index (χ1n) is 7.30. The van der Waals surface area contributed by atoms with Gasteiger partial charge >= 0.3 is 0 Å². The molecule has 0 fully saturated rings. The van der Waals surface area contributed by atoms with Crippen molar-refractivity contribution in [1.29, 1.82) is 10.5 Å². The number of amides is 1. The number of nitriles is 2. The molecule has 1 aromatic rings. The lowest BCUT2D eigenvalue weighted by Gasteiger charge is -2.20. The summed E-state index contributed by atoms with van der Waals surface area (Å²) >= 11 is 0. The smallest absolute Gasteiger partial charge is 0.267 e. The summed E-state index contributed by atoms with van der Waals surface area (Å²) in [5.41, 5.74) is 0.639. The van der Waals surface area contributed by atoms with Crippen LogP contribution < -0.4 is 5.32 Å². The maximum absolute atomic E-state index is 12.3. The van der Waals surface area contributed by atoms with Gasteiger partial charge in [0.2, 0.25) is 0 Å². The van der Waals surface area contributed by atoms with Gasteiger partial charge in [-0.05, 0) is 12.1 Å².